The van der Waals surface area contributed by atoms with E-state index in [4.69, 9.17) is 22.1 Å². The van der Waals surface area contributed by atoms with Gasteiger partial charge in [0.1, 0.15) is 18.2 Å². The van der Waals surface area contributed by atoms with Gasteiger partial charge in [-0.2, -0.15) is 10.1 Å². The third kappa shape index (κ3) is 4.56. The van der Waals surface area contributed by atoms with Crippen molar-refractivity contribution in [3.63, 3.8) is 0 Å². The Morgan fingerprint density at radius 2 is 2.09 bits per heavy atom. The van der Waals surface area contributed by atoms with E-state index >= 15 is 0 Å². The second kappa shape index (κ2) is 9.15. The fourth-order valence-corrected chi connectivity index (χ4v) is 4.10. The second-order valence-electron chi connectivity index (χ2n) is 8.03. The predicted octanol–water partition coefficient (Wildman–Crippen LogP) is 3.72. The molecule has 4 heterocycles. The number of nitrogens with two attached hydrogens (primary N) is 1. The maximum Gasteiger partial charge on any atom is 0.325 e. The zero-order chi connectivity index (χ0) is 24.5. The summed E-state index contributed by atoms with van der Waals surface area (Å²) in [5, 5.41) is 8.26. The van der Waals surface area contributed by atoms with E-state index in [0.29, 0.717) is 28.8 Å². The number of anilines is 4. The van der Waals surface area contributed by atoms with E-state index in [1.165, 1.54) is 7.11 Å². The molecule has 0 amide bonds. The van der Waals surface area contributed by atoms with Crippen LogP contribution in [0.2, 0.25) is 5.02 Å². The fourth-order valence-electron chi connectivity index (χ4n) is 3.97. The molecule has 0 saturated heterocycles. The average Bonchev–Trinajstić information content (AvgIpc) is 3.48. The Kier molecular flexibility index (Phi) is 5.87. The number of nitrogens with one attached hydrogen (secondary N) is 2. The zero-order valence-corrected chi connectivity index (χ0v) is 19.9. The van der Waals surface area contributed by atoms with Crippen LogP contribution in [0.1, 0.15) is 11.1 Å². The minimum Gasteiger partial charge on any atom is -0.468 e. The first-order valence-electron chi connectivity index (χ1n) is 10.8. The molecule has 0 radical (unpaired) electrons. The smallest absolute Gasteiger partial charge is 0.325 e. The topological polar surface area (TPSA) is 127 Å². The molecular weight excluding hydrogens is 468 g/mol. The van der Waals surface area contributed by atoms with E-state index in [0.717, 1.165) is 28.1 Å². The van der Waals surface area contributed by atoms with Gasteiger partial charge in [0.2, 0.25) is 5.95 Å². The molecule has 4 N–H and O–H groups in total. The molecule has 0 bridgehead atoms. The van der Waals surface area contributed by atoms with Gasteiger partial charge in [-0.05, 0) is 35.9 Å². The summed E-state index contributed by atoms with van der Waals surface area (Å²) in [7, 11) is 3.23. The molecule has 35 heavy (non-hydrogen) atoms. The molecular formula is C24H23ClN8O2. The third-order valence-corrected chi connectivity index (χ3v) is 5.96. The Morgan fingerprint density at radius 3 is 2.80 bits per heavy atom. The van der Waals surface area contributed by atoms with Crippen LogP contribution in [0.5, 0.6) is 0 Å². The van der Waals surface area contributed by atoms with Crippen molar-refractivity contribution in [3.05, 3.63) is 65.1 Å². The molecule has 1 aromatic carbocycles. The van der Waals surface area contributed by atoms with Crippen LogP contribution in [0.3, 0.4) is 0 Å². The van der Waals surface area contributed by atoms with Gasteiger partial charge < -0.3 is 25.7 Å². The van der Waals surface area contributed by atoms with Gasteiger partial charge >= 0.3 is 5.97 Å². The van der Waals surface area contributed by atoms with E-state index < -0.39 is 5.97 Å². The van der Waals surface area contributed by atoms with Gasteiger partial charge in [-0.1, -0.05) is 11.6 Å². The van der Waals surface area contributed by atoms with Crippen molar-refractivity contribution in [2.75, 3.05) is 36.1 Å². The first-order chi connectivity index (χ1) is 16.9. The van der Waals surface area contributed by atoms with Crippen LogP contribution in [0.15, 0.2) is 48.9 Å². The van der Waals surface area contributed by atoms with E-state index in [1.807, 2.05) is 25.6 Å². The maximum atomic E-state index is 12.2. The Balaban J connectivity index is 1.57. The van der Waals surface area contributed by atoms with E-state index in [2.05, 4.69) is 31.4 Å². The molecule has 178 valence electrons. The minimum absolute atomic E-state index is 0.0636. The summed E-state index contributed by atoms with van der Waals surface area (Å²) in [6.07, 6.45) is 7.79. The first kappa shape index (κ1) is 22.5. The van der Waals surface area contributed by atoms with Gasteiger partial charge in [0, 0.05) is 59.5 Å². The van der Waals surface area contributed by atoms with Crippen molar-refractivity contribution in [2.45, 2.75) is 0 Å². The van der Waals surface area contributed by atoms with Gasteiger partial charge in [-0.3, -0.25) is 9.48 Å². The average molecular weight is 491 g/mol. The molecule has 1 aliphatic rings. The Bertz CT molecular complexity index is 1420. The lowest BCUT2D eigenvalue weighted by molar-refractivity contribution is -0.138. The summed E-state index contributed by atoms with van der Waals surface area (Å²) < 4.78 is 6.67. The number of esters is 1. The lowest BCUT2D eigenvalue weighted by atomic mass is 10.0. The molecule has 0 atom stereocenters. The largest absolute Gasteiger partial charge is 0.468 e. The van der Waals surface area contributed by atoms with E-state index in [9.17, 15) is 4.79 Å². The number of ether oxygens (including phenoxy) is 1. The molecule has 0 saturated carbocycles. The van der Waals surface area contributed by atoms with Crippen molar-refractivity contribution < 1.29 is 9.53 Å². The molecule has 11 heteroatoms. The van der Waals surface area contributed by atoms with Crippen molar-refractivity contribution in [2.24, 2.45) is 7.05 Å². The highest BCUT2D eigenvalue weighted by atomic mass is 35.5. The van der Waals surface area contributed by atoms with Crippen molar-refractivity contribution in [1.29, 1.82) is 0 Å². The number of aromatic nitrogens is 5. The highest BCUT2D eigenvalue weighted by Gasteiger charge is 2.22. The number of carbonyl (C=O) groups excluding carboxylic acids is 1. The molecule has 0 aliphatic carbocycles. The van der Waals surface area contributed by atoms with Crippen LogP contribution >= 0.6 is 11.6 Å². The number of halogens is 1. The quantitative estimate of drug-likeness (QED) is 0.349. The zero-order valence-electron chi connectivity index (χ0n) is 19.1. The van der Waals surface area contributed by atoms with E-state index in [-0.39, 0.29) is 12.5 Å². The number of benzene rings is 1. The van der Waals surface area contributed by atoms with Crippen molar-refractivity contribution in [1.82, 2.24) is 24.7 Å². The molecule has 5 rings (SSSR count). The van der Waals surface area contributed by atoms with Crippen LogP contribution in [-0.4, -0.2) is 50.9 Å². The van der Waals surface area contributed by atoms with Gasteiger partial charge in [-0.25, -0.2) is 4.98 Å². The highest BCUT2D eigenvalue weighted by molar-refractivity contribution is 6.30. The first-order valence-corrected chi connectivity index (χ1v) is 11.2. The van der Waals surface area contributed by atoms with E-state index in [1.54, 1.807) is 39.9 Å². The van der Waals surface area contributed by atoms with Gasteiger partial charge in [0.05, 0.1) is 19.0 Å². The summed E-state index contributed by atoms with van der Waals surface area (Å²) in [6, 6.07) is 8.88. The van der Waals surface area contributed by atoms with Crippen LogP contribution in [-0.2, 0) is 16.6 Å². The van der Waals surface area contributed by atoms with Gasteiger partial charge in [0.15, 0.2) is 0 Å². The number of H-pyrrole nitrogens is 1. The fraction of sp³-hybridized carbons (Fsp3) is 0.167. The lowest BCUT2D eigenvalue weighted by Gasteiger charge is -2.23. The maximum absolute atomic E-state index is 12.2. The predicted molar refractivity (Wildman–Crippen MR) is 136 cm³/mol. The summed E-state index contributed by atoms with van der Waals surface area (Å²) in [6.45, 7) is 0.602. The Morgan fingerprint density at radius 1 is 1.29 bits per heavy atom. The number of fused-ring (bicyclic) bond motifs is 1. The number of rotatable bonds is 6. The van der Waals surface area contributed by atoms with Crippen molar-refractivity contribution in [3.8, 4) is 11.3 Å². The molecule has 10 nitrogen and oxygen atoms in total. The number of aryl methyl sites for hydroxylation is 1. The lowest BCUT2D eigenvalue weighted by Crippen LogP contribution is -2.27. The van der Waals surface area contributed by atoms with Crippen LogP contribution < -0.4 is 16.0 Å². The monoisotopic (exact) mass is 490 g/mol. The number of carbonyl (C=O) groups is 1. The van der Waals surface area contributed by atoms with Crippen LogP contribution in [0.4, 0.5) is 23.3 Å². The SMILES string of the molecule is COC(=O)CN(c1ccc(Cl)cc1)c1cc(-c2c[nH]c3c2C=C(c2cnn(C)c2)CN3)nc(N)n1. The summed E-state index contributed by atoms with van der Waals surface area (Å²) in [5.74, 6) is 0.994. The standard InChI is InChI=1S/C24H23ClN8O2/c1-32-12-15(10-29-32)14-7-18-19(11-28-23(18)27-9-14)20-8-21(31-24(26)30-20)33(13-22(34)35-2)17-5-3-16(25)4-6-17/h3-8,10-12,27-28H,9,13H2,1-2H3,(H2,26,30,31). The summed E-state index contributed by atoms with van der Waals surface area (Å²) >= 11 is 6.06. The molecule has 1 aliphatic heterocycles. The normalized spacial score (nSPS) is 12.5. The van der Waals surface area contributed by atoms with Crippen LogP contribution in [0.25, 0.3) is 22.9 Å². The Labute approximate surface area is 206 Å². The number of hydrogen-bond donors (Lipinski definition) is 3. The third-order valence-electron chi connectivity index (χ3n) is 5.71. The number of methoxy groups -OCH3 is 1. The second-order valence-corrected chi connectivity index (χ2v) is 8.46. The molecule has 0 spiro atoms. The molecule has 0 unspecified atom stereocenters. The number of nitrogen functional groups attached to an aromatic ring is 1. The van der Waals surface area contributed by atoms with Gasteiger partial charge in [0.25, 0.3) is 0 Å². The van der Waals surface area contributed by atoms with Crippen molar-refractivity contribution >= 4 is 52.5 Å². The Hall–Kier alpha value is -4.31. The highest BCUT2D eigenvalue weighted by Crippen LogP contribution is 2.37. The summed E-state index contributed by atoms with van der Waals surface area (Å²) in [4.78, 5) is 26.1. The summed E-state index contributed by atoms with van der Waals surface area (Å²) in [5.41, 5.74) is 11.4. The number of hydrogen-bond acceptors (Lipinski definition) is 8. The number of nitrogens with zero attached hydrogens (tertiary/aromatic N) is 5. The van der Waals surface area contributed by atoms with Crippen LogP contribution in [0, 0.1) is 0 Å². The van der Waals surface area contributed by atoms with Gasteiger partial charge in [-0.15, -0.1) is 0 Å². The molecule has 0 fully saturated rings. The molecule has 4 aromatic rings. The minimum atomic E-state index is -0.425. The number of aromatic amines is 1. The molecule has 3 aromatic heterocycles.